The molecule has 0 aliphatic heterocycles. The zero-order valence-corrected chi connectivity index (χ0v) is 8.01. The first-order valence-corrected chi connectivity index (χ1v) is 4.08. The van der Waals surface area contributed by atoms with Crippen LogP contribution in [0.1, 0.15) is 19.6 Å². The number of halogens is 1. The largest absolute Gasteiger partial charge is 0.453 e. The number of hydrogen-bond acceptors (Lipinski definition) is 2. The second-order valence-electron chi connectivity index (χ2n) is 2.94. The number of rotatable bonds is 2. The predicted octanol–water partition coefficient (Wildman–Crippen LogP) is 2.52. The lowest BCUT2D eigenvalue weighted by molar-refractivity contribution is -0.112. The third-order valence-electron chi connectivity index (χ3n) is 1.50. The summed E-state index contributed by atoms with van der Waals surface area (Å²) >= 11 is 3.17. The zero-order valence-electron chi connectivity index (χ0n) is 6.43. The normalized spacial score (nSPS) is 11.5. The SMILES string of the molecule is CC(C)(C=O)c1ccc(Br)o1. The number of hydrogen-bond donors (Lipinski definition) is 0. The van der Waals surface area contributed by atoms with Crippen molar-refractivity contribution in [3.63, 3.8) is 0 Å². The molecule has 0 saturated carbocycles. The minimum Gasteiger partial charge on any atom is -0.453 e. The van der Waals surface area contributed by atoms with E-state index >= 15 is 0 Å². The second-order valence-corrected chi connectivity index (χ2v) is 3.72. The summed E-state index contributed by atoms with van der Waals surface area (Å²) in [5, 5.41) is 0. The number of furan rings is 1. The van der Waals surface area contributed by atoms with Gasteiger partial charge in [0.1, 0.15) is 12.0 Å². The highest BCUT2D eigenvalue weighted by Gasteiger charge is 2.22. The van der Waals surface area contributed by atoms with Crippen LogP contribution in [0.4, 0.5) is 0 Å². The Morgan fingerprint density at radius 3 is 2.55 bits per heavy atom. The third-order valence-corrected chi connectivity index (χ3v) is 1.93. The van der Waals surface area contributed by atoms with Crippen molar-refractivity contribution in [1.82, 2.24) is 0 Å². The molecule has 0 N–H and O–H groups in total. The first-order chi connectivity index (χ1) is 5.06. The standard InChI is InChI=1S/C8H9BrO2/c1-8(2,5-10)6-3-4-7(9)11-6/h3-5H,1-2H3. The Balaban J connectivity index is 3.01. The maximum Gasteiger partial charge on any atom is 0.169 e. The molecule has 1 rings (SSSR count). The van der Waals surface area contributed by atoms with Crippen LogP contribution >= 0.6 is 15.9 Å². The van der Waals surface area contributed by atoms with Gasteiger partial charge in [-0.25, -0.2) is 0 Å². The Morgan fingerprint density at radius 1 is 1.55 bits per heavy atom. The van der Waals surface area contributed by atoms with Crippen LogP contribution in [0.2, 0.25) is 0 Å². The third kappa shape index (κ3) is 1.71. The van der Waals surface area contributed by atoms with E-state index in [1.807, 2.05) is 13.8 Å². The van der Waals surface area contributed by atoms with E-state index in [-0.39, 0.29) is 0 Å². The van der Waals surface area contributed by atoms with Crippen molar-refractivity contribution in [3.05, 3.63) is 22.6 Å². The Kier molecular flexibility index (Phi) is 2.18. The highest BCUT2D eigenvalue weighted by molar-refractivity contribution is 9.10. The van der Waals surface area contributed by atoms with Crippen LogP contribution in [0, 0.1) is 0 Å². The van der Waals surface area contributed by atoms with Crippen molar-refractivity contribution in [2.45, 2.75) is 19.3 Å². The van der Waals surface area contributed by atoms with E-state index in [0.717, 1.165) is 6.29 Å². The zero-order chi connectivity index (χ0) is 8.48. The van der Waals surface area contributed by atoms with Crippen LogP contribution in [-0.4, -0.2) is 6.29 Å². The number of aldehydes is 1. The lowest BCUT2D eigenvalue weighted by Gasteiger charge is -2.11. The number of carbonyl (C=O) groups is 1. The first kappa shape index (κ1) is 8.53. The highest BCUT2D eigenvalue weighted by Crippen LogP contribution is 2.25. The molecule has 11 heavy (non-hydrogen) atoms. The number of carbonyl (C=O) groups excluding carboxylic acids is 1. The highest BCUT2D eigenvalue weighted by atomic mass is 79.9. The van der Waals surface area contributed by atoms with Crippen molar-refractivity contribution in [2.24, 2.45) is 0 Å². The molecule has 1 aromatic rings. The summed E-state index contributed by atoms with van der Waals surface area (Å²) in [6.45, 7) is 3.62. The van der Waals surface area contributed by atoms with Gasteiger partial charge in [0, 0.05) is 0 Å². The molecular formula is C8H9BrO2. The van der Waals surface area contributed by atoms with Crippen LogP contribution < -0.4 is 0 Å². The van der Waals surface area contributed by atoms with Crippen molar-refractivity contribution < 1.29 is 9.21 Å². The molecular weight excluding hydrogens is 208 g/mol. The molecule has 0 amide bonds. The molecule has 3 heteroatoms. The van der Waals surface area contributed by atoms with Gasteiger partial charge in [0.2, 0.25) is 0 Å². The van der Waals surface area contributed by atoms with Gasteiger partial charge in [0.05, 0.1) is 5.41 Å². The van der Waals surface area contributed by atoms with E-state index in [2.05, 4.69) is 15.9 Å². The van der Waals surface area contributed by atoms with Gasteiger partial charge in [-0.05, 0) is 41.9 Å². The molecule has 0 saturated heterocycles. The summed E-state index contributed by atoms with van der Waals surface area (Å²) < 4.78 is 5.88. The topological polar surface area (TPSA) is 30.2 Å². The fourth-order valence-electron chi connectivity index (χ4n) is 0.719. The molecule has 0 unspecified atom stereocenters. The average Bonchev–Trinajstić information content (AvgIpc) is 2.36. The quantitative estimate of drug-likeness (QED) is 0.712. The summed E-state index contributed by atoms with van der Waals surface area (Å²) in [6.07, 6.45) is 0.873. The van der Waals surface area contributed by atoms with Crippen LogP contribution in [0.3, 0.4) is 0 Å². The van der Waals surface area contributed by atoms with Gasteiger partial charge in [-0.15, -0.1) is 0 Å². The van der Waals surface area contributed by atoms with Crippen molar-refractivity contribution in [3.8, 4) is 0 Å². The molecule has 1 heterocycles. The second kappa shape index (κ2) is 2.81. The van der Waals surface area contributed by atoms with Crippen molar-refractivity contribution >= 4 is 22.2 Å². The van der Waals surface area contributed by atoms with Gasteiger partial charge in [-0.2, -0.15) is 0 Å². The summed E-state index contributed by atoms with van der Waals surface area (Å²) in [5.74, 6) is 0.680. The Hall–Kier alpha value is -0.570. The summed E-state index contributed by atoms with van der Waals surface area (Å²) in [7, 11) is 0. The fourth-order valence-corrected chi connectivity index (χ4v) is 1.03. The molecule has 0 fully saturated rings. The van der Waals surface area contributed by atoms with Gasteiger partial charge in [-0.1, -0.05) is 0 Å². The fraction of sp³-hybridized carbons (Fsp3) is 0.375. The Morgan fingerprint density at radius 2 is 2.18 bits per heavy atom. The van der Waals surface area contributed by atoms with Crippen LogP contribution in [0.15, 0.2) is 21.2 Å². The predicted molar refractivity (Wildman–Crippen MR) is 45.5 cm³/mol. The molecule has 2 nitrogen and oxygen atoms in total. The Bertz CT molecular complexity index is 263. The molecule has 0 aliphatic rings. The van der Waals surface area contributed by atoms with Crippen molar-refractivity contribution in [1.29, 1.82) is 0 Å². The van der Waals surface area contributed by atoms with E-state index in [9.17, 15) is 4.79 Å². The molecule has 0 spiro atoms. The maximum atomic E-state index is 10.6. The van der Waals surface area contributed by atoms with E-state index in [1.165, 1.54) is 0 Å². The van der Waals surface area contributed by atoms with Crippen LogP contribution in [0.25, 0.3) is 0 Å². The average molecular weight is 217 g/mol. The molecule has 0 aromatic carbocycles. The first-order valence-electron chi connectivity index (χ1n) is 3.28. The summed E-state index contributed by atoms with van der Waals surface area (Å²) in [4.78, 5) is 10.6. The van der Waals surface area contributed by atoms with Crippen molar-refractivity contribution in [2.75, 3.05) is 0 Å². The molecule has 0 atom stereocenters. The van der Waals surface area contributed by atoms with E-state index in [0.29, 0.717) is 10.4 Å². The summed E-state index contributed by atoms with van der Waals surface area (Å²) in [5.41, 5.74) is -0.522. The summed E-state index contributed by atoms with van der Waals surface area (Å²) in [6, 6.07) is 3.57. The van der Waals surface area contributed by atoms with E-state index in [1.54, 1.807) is 12.1 Å². The monoisotopic (exact) mass is 216 g/mol. The molecule has 1 aromatic heterocycles. The molecule has 0 aliphatic carbocycles. The molecule has 0 bridgehead atoms. The lowest BCUT2D eigenvalue weighted by atomic mass is 9.93. The smallest absolute Gasteiger partial charge is 0.169 e. The Labute approximate surface area is 73.7 Å². The van der Waals surface area contributed by atoms with Gasteiger partial charge in [0.25, 0.3) is 0 Å². The van der Waals surface area contributed by atoms with Crippen LogP contribution in [0.5, 0.6) is 0 Å². The van der Waals surface area contributed by atoms with Gasteiger partial charge in [-0.3, -0.25) is 0 Å². The maximum absolute atomic E-state index is 10.6. The molecule has 0 radical (unpaired) electrons. The minimum atomic E-state index is -0.522. The van der Waals surface area contributed by atoms with E-state index < -0.39 is 5.41 Å². The minimum absolute atomic E-state index is 0.522. The van der Waals surface area contributed by atoms with Gasteiger partial charge in [0.15, 0.2) is 4.67 Å². The lowest BCUT2D eigenvalue weighted by Crippen LogP contribution is -2.17. The van der Waals surface area contributed by atoms with Gasteiger partial charge >= 0.3 is 0 Å². The molecule has 60 valence electrons. The van der Waals surface area contributed by atoms with Crippen LogP contribution in [-0.2, 0) is 10.2 Å². The van der Waals surface area contributed by atoms with E-state index in [4.69, 9.17) is 4.42 Å². The van der Waals surface area contributed by atoms with Gasteiger partial charge < -0.3 is 9.21 Å².